The van der Waals surface area contributed by atoms with E-state index in [1.54, 1.807) is 7.11 Å². The summed E-state index contributed by atoms with van der Waals surface area (Å²) >= 11 is 6.22. The Labute approximate surface area is 226 Å². The molecule has 7 heteroatoms. The van der Waals surface area contributed by atoms with Gasteiger partial charge in [0.2, 0.25) is 5.91 Å². The monoisotopic (exact) mass is 528 g/mol. The molecule has 1 N–H and O–H groups in total. The van der Waals surface area contributed by atoms with E-state index in [0.717, 1.165) is 69.5 Å². The Morgan fingerprint density at radius 2 is 1.95 bits per heavy atom. The number of nitrogens with zero attached hydrogens (tertiary/aromatic N) is 1. The van der Waals surface area contributed by atoms with Gasteiger partial charge in [0.15, 0.2) is 0 Å². The predicted octanol–water partition coefficient (Wildman–Crippen LogP) is 5.63. The molecule has 0 bridgehead atoms. The van der Waals surface area contributed by atoms with Gasteiger partial charge in [0.05, 0.1) is 13.2 Å². The zero-order valence-electron chi connectivity index (χ0n) is 22.2. The van der Waals surface area contributed by atoms with E-state index in [1.165, 1.54) is 12.7 Å². The van der Waals surface area contributed by atoms with Crippen molar-refractivity contribution in [3.8, 4) is 5.75 Å². The SMILES string of the molecule is COCC(=O)NC(CCN1CCCCC(CCc2ccc(OC)cc2)CC(=O)CC1)c1cccc(Cl)c1. The Balaban J connectivity index is 1.51. The summed E-state index contributed by atoms with van der Waals surface area (Å²) in [5.74, 6) is 1.53. The second-order valence-corrected chi connectivity index (χ2v) is 10.4. The molecular formula is C30H41ClN2O4. The number of Topliss-reactive ketones (excluding diaryl/α,β-unsaturated/α-hetero) is 1. The van der Waals surface area contributed by atoms with Crippen molar-refractivity contribution < 1.29 is 19.1 Å². The Morgan fingerprint density at radius 3 is 2.68 bits per heavy atom. The quantitative estimate of drug-likeness (QED) is 0.409. The minimum Gasteiger partial charge on any atom is -0.497 e. The minimum absolute atomic E-state index is 0.0227. The van der Waals surface area contributed by atoms with Crippen LogP contribution in [0.3, 0.4) is 0 Å². The standard InChI is InChI=1S/C30H41ClN2O4/c1-36-22-30(35)32-29(25-7-5-8-26(31)21-25)16-19-33-17-4-3-6-24(20-27(34)15-18-33)10-9-23-11-13-28(37-2)14-12-23/h5,7-8,11-14,21,24,29H,3-4,6,9-10,15-20,22H2,1-2H3,(H,32,35). The molecule has 1 heterocycles. The molecule has 2 atom stereocenters. The van der Waals surface area contributed by atoms with Crippen LogP contribution in [0, 0.1) is 5.92 Å². The molecule has 2 aromatic carbocycles. The fraction of sp³-hybridized carbons (Fsp3) is 0.533. The van der Waals surface area contributed by atoms with Gasteiger partial charge in [-0.3, -0.25) is 9.59 Å². The molecular weight excluding hydrogens is 488 g/mol. The summed E-state index contributed by atoms with van der Waals surface area (Å²) in [6.07, 6.45) is 7.37. The molecule has 2 unspecified atom stereocenters. The molecule has 1 aliphatic heterocycles. The first kappa shape index (κ1) is 29.2. The molecule has 3 rings (SSSR count). The number of nitrogens with one attached hydrogen (secondary N) is 1. The first-order chi connectivity index (χ1) is 18.0. The number of amides is 1. The van der Waals surface area contributed by atoms with E-state index in [4.69, 9.17) is 21.1 Å². The summed E-state index contributed by atoms with van der Waals surface area (Å²) in [6, 6.07) is 15.7. The number of benzene rings is 2. The predicted molar refractivity (Wildman–Crippen MR) is 148 cm³/mol. The van der Waals surface area contributed by atoms with E-state index in [2.05, 4.69) is 22.3 Å². The van der Waals surface area contributed by atoms with Gasteiger partial charge in [-0.2, -0.15) is 0 Å². The molecule has 37 heavy (non-hydrogen) atoms. The molecule has 0 saturated carbocycles. The number of aryl methyl sites for hydroxylation is 1. The van der Waals surface area contributed by atoms with E-state index in [9.17, 15) is 9.59 Å². The van der Waals surface area contributed by atoms with Crippen LogP contribution >= 0.6 is 11.6 Å². The Bertz CT molecular complexity index is 982. The molecule has 1 fully saturated rings. The summed E-state index contributed by atoms with van der Waals surface area (Å²) < 4.78 is 10.2. The lowest BCUT2D eigenvalue weighted by molar-refractivity contribution is -0.125. The van der Waals surface area contributed by atoms with E-state index >= 15 is 0 Å². The molecule has 0 radical (unpaired) electrons. The van der Waals surface area contributed by atoms with Gasteiger partial charge in [-0.1, -0.05) is 42.3 Å². The summed E-state index contributed by atoms with van der Waals surface area (Å²) in [4.78, 5) is 27.5. The van der Waals surface area contributed by atoms with Crippen molar-refractivity contribution >= 4 is 23.3 Å². The minimum atomic E-state index is -0.158. The van der Waals surface area contributed by atoms with Gasteiger partial charge >= 0.3 is 0 Å². The highest BCUT2D eigenvalue weighted by Crippen LogP contribution is 2.25. The van der Waals surface area contributed by atoms with Crippen molar-refractivity contribution in [2.75, 3.05) is 40.5 Å². The normalized spacial score (nSPS) is 18.2. The van der Waals surface area contributed by atoms with Crippen molar-refractivity contribution in [3.05, 3.63) is 64.7 Å². The number of hydrogen-bond donors (Lipinski definition) is 1. The maximum Gasteiger partial charge on any atom is 0.246 e. The summed E-state index contributed by atoms with van der Waals surface area (Å²) in [6.45, 7) is 2.55. The van der Waals surface area contributed by atoms with E-state index in [1.807, 2.05) is 36.4 Å². The van der Waals surface area contributed by atoms with Crippen LogP contribution in [-0.4, -0.2) is 57.1 Å². The van der Waals surface area contributed by atoms with Crippen LogP contribution in [-0.2, 0) is 20.7 Å². The highest BCUT2D eigenvalue weighted by atomic mass is 35.5. The topological polar surface area (TPSA) is 67.9 Å². The second-order valence-electron chi connectivity index (χ2n) is 9.98. The lowest BCUT2D eigenvalue weighted by atomic mass is 9.88. The Hall–Kier alpha value is -2.41. The van der Waals surface area contributed by atoms with E-state index in [0.29, 0.717) is 29.6 Å². The average molecular weight is 529 g/mol. The van der Waals surface area contributed by atoms with Gasteiger partial charge in [-0.05, 0) is 80.0 Å². The Kier molecular flexibility index (Phi) is 12.4. The number of ether oxygens (including phenoxy) is 2. The lowest BCUT2D eigenvalue weighted by Crippen LogP contribution is -2.35. The first-order valence-electron chi connectivity index (χ1n) is 13.4. The van der Waals surface area contributed by atoms with Gasteiger partial charge in [0.1, 0.15) is 18.1 Å². The molecule has 1 saturated heterocycles. The molecule has 0 aromatic heterocycles. The van der Waals surface area contributed by atoms with Crippen molar-refractivity contribution in [1.82, 2.24) is 10.2 Å². The van der Waals surface area contributed by atoms with Crippen molar-refractivity contribution in [2.45, 2.75) is 57.4 Å². The number of rotatable bonds is 11. The average Bonchev–Trinajstić information content (AvgIpc) is 2.90. The highest BCUT2D eigenvalue weighted by Gasteiger charge is 2.20. The zero-order valence-corrected chi connectivity index (χ0v) is 23.0. The molecule has 202 valence electrons. The maximum atomic E-state index is 12.8. The van der Waals surface area contributed by atoms with Crippen LogP contribution in [0.5, 0.6) is 5.75 Å². The summed E-state index contributed by atoms with van der Waals surface area (Å²) in [5, 5.41) is 3.72. The van der Waals surface area contributed by atoms with Crippen LogP contribution in [0.25, 0.3) is 0 Å². The van der Waals surface area contributed by atoms with Gasteiger partial charge < -0.3 is 19.7 Å². The van der Waals surface area contributed by atoms with Gasteiger partial charge in [0, 0.05) is 38.1 Å². The van der Waals surface area contributed by atoms with Crippen LogP contribution in [0.15, 0.2) is 48.5 Å². The number of carbonyl (C=O) groups is 2. The van der Waals surface area contributed by atoms with Crippen molar-refractivity contribution in [2.24, 2.45) is 5.92 Å². The molecule has 0 aliphatic carbocycles. The van der Waals surface area contributed by atoms with Gasteiger partial charge in [-0.25, -0.2) is 0 Å². The smallest absolute Gasteiger partial charge is 0.246 e. The fourth-order valence-electron chi connectivity index (χ4n) is 5.05. The van der Waals surface area contributed by atoms with E-state index in [-0.39, 0.29) is 18.6 Å². The Morgan fingerprint density at radius 1 is 1.14 bits per heavy atom. The van der Waals surface area contributed by atoms with Gasteiger partial charge in [0.25, 0.3) is 0 Å². The number of carbonyl (C=O) groups excluding carboxylic acids is 2. The molecule has 1 amide bonds. The lowest BCUT2D eigenvalue weighted by Gasteiger charge is -2.27. The first-order valence-corrected chi connectivity index (χ1v) is 13.8. The summed E-state index contributed by atoms with van der Waals surface area (Å²) in [7, 11) is 3.20. The van der Waals surface area contributed by atoms with Crippen LogP contribution < -0.4 is 10.1 Å². The number of ketones is 1. The van der Waals surface area contributed by atoms with E-state index < -0.39 is 0 Å². The fourth-order valence-corrected chi connectivity index (χ4v) is 5.25. The highest BCUT2D eigenvalue weighted by molar-refractivity contribution is 6.30. The maximum absolute atomic E-state index is 12.8. The number of hydrogen-bond acceptors (Lipinski definition) is 5. The third-order valence-corrected chi connectivity index (χ3v) is 7.39. The number of halogens is 1. The molecule has 0 spiro atoms. The van der Waals surface area contributed by atoms with Crippen LogP contribution in [0.4, 0.5) is 0 Å². The zero-order chi connectivity index (χ0) is 26.5. The largest absolute Gasteiger partial charge is 0.497 e. The molecule has 6 nitrogen and oxygen atoms in total. The third-order valence-electron chi connectivity index (χ3n) is 7.16. The third kappa shape index (κ3) is 10.5. The molecule has 1 aliphatic rings. The molecule has 2 aromatic rings. The van der Waals surface area contributed by atoms with Crippen LogP contribution in [0.2, 0.25) is 5.02 Å². The van der Waals surface area contributed by atoms with Crippen molar-refractivity contribution in [3.63, 3.8) is 0 Å². The van der Waals surface area contributed by atoms with Crippen LogP contribution in [0.1, 0.15) is 62.1 Å². The summed E-state index contributed by atoms with van der Waals surface area (Å²) in [5.41, 5.74) is 2.28. The van der Waals surface area contributed by atoms with Gasteiger partial charge in [-0.15, -0.1) is 0 Å². The second kappa shape index (κ2) is 15.8. The van der Waals surface area contributed by atoms with Crippen molar-refractivity contribution in [1.29, 1.82) is 0 Å². The number of methoxy groups -OCH3 is 2.